The van der Waals surface area contributed by atoms with Gasteiger partial charge in [-0.3, -0.25) is 4.79 Å². The van der Waals surface area contributed by atoms with Crippen molar-refractivity contribution in [3.63, 3.8) is 0 Å². The molecule has 0 bridgehead atoms. The Morgan fingerprint density at radius 3 is 2.72 bits per heavy atom. The van der Waals surface area contributed by atoms with E-state index in [2.05, 4.69) is 15.6 Å². The number of carbonyl (C=O) groups excluding carboxylic acids is 1. The quantitative estimate of drug-likeness (QED) is 0.873. The van der Waals surface area contributed by atoms with E-state index in [9.17, 15) is 18.0 Å². The van der Waals surface area contributed by atoms with Gasteiger partial charge in [0.05, 0.1) is 17.4 Å². The van der Waals surface area contributed by atoms with E-state index in [4.69, 9.17) is 0 Å². The maximum atomic E-state index is 13.1. The highest BCUT2D eigenvalue weighted by molar-refractivity contribution is 5.92. The van der Waals surface area contributed by atoms with Crippen molar-refractivity contribution in [1.82, 2.24) is 25.2 Å². The molecule has 1 amide bonds. The summed E-state index contributed by atoms with van der Waals surface area (Å²) in [5, 5.41) is 10.6. The van der Waals surface area contributed by atoms with Gasteiger partial charge in [0, 0.05) is 25.7 Å². The molecule has 1 atom stereocenters. The van der Waals surface area contributed by atoms with Gasteiger partial charge in [0.25, 0.3) is 5.91 Å². The van der Waals surface area contributed by atoms with Gasteiger partial charge in [-0.15, -0.1) is 17.5 Å². The van der Waals surface area contributed by atoms with Crippen LogP contribution in [0.4, 0.5) is 13.2 Å². The molecule has 0 saturated carbocycles. The summed E-state index contributed by atoms with van der Waals surface area (Å²) < 4.78 is 40.3. The van der Waals surface area contributed by atoms with Crippen LogP contribution in [0.3, 0.4) is 0 Å². The number of nitrogens with zero attached hydrogens (tertiary/aromatic N) is 4. The summed E-state index contributed by atoms with van der Waals surface area (Å²) in [4.78, 5) is 14.1. The third-order valence-electron chi connectivity index (χ3n) is 3.93. The van der Waals surface area contributed by atoms with E-state index >= 15 is 0 Å². The zero-order valence-electron chi connectivity index (χ0n) is 13.3. The third-order valence-corrected chi connectivity index (χ3v) is 3.93. The van der Waals surface area contributed by atoms with E-state index in [0.717, 1.165) is 10.7 Å². The van der Waals surface area contributed by atoms with Crippen molar-refractivity contribution in [2.24, 2.45) is 0 Å². The Labute approximate surface area is 148 Å². The number of halogens is 4. The first-order valence-electron chi connectivity index (χ1n) is 7.48. The van der Waals surface area contributed by atoms with Crippen LogP contribution < -0.4 is 5.32 Å². The smallest absolute Gasteiger partial charge is 0.332 e. The number of hydrogen-bond donors (Lipinski definition) is 1. The molecule has 2 aromatic rings. The van der Waals surface area contributed by atoms with Crippen molar-refractivity contribution >= 4 is 18.3 Å². The second-order valence-electron chi connectivity index (χ2n) is 5.61. The van der Waals surface area contributed by atoms with E-state index in [1.807, 2.05) is 6.92 Å². The lowest BCUT2D eigenvalue weighted by molar-refractivity contribution is -0.137. The predicted molar refractivity (Wildman–Crippen MR) is 87.0 cm³/mol. The number of aromatic nitrogens is 3. The van der Waals surface area contributed by atoms with Gasteiger partial charge < -0.3 is 10.2 Å². The number of rotatable bonds is 2. The van der Waals surface area contributed by atoms with Gasteiger partial charge in [0.1, 0.15) is 0 Å². The molecule has 0 spiro atoms. The van der Waals surface area contributed by atoms with Crippen LogP contribution in [-0.4, -0.2) is 51.5 Å². The molecule has 0 radical (unpaired) electrons. The summed E-state index contributed by atoms with van der Waals surface area (Å²) in [7, 11) is 0. The number of benzene rings is 1. The van der Waals surface area contributed by atoms with Gasteiger partial charge in [-0.2, -0.15) is 13.2 Å². The van der Waals surface area contributed by atoms with Crippen LogP contribution in [-0.2, 0) is 6.18 Å². The molecule has 136 valence electrons. The molecule has 10 heteroatoms. The van der Waals surface area contributed by atoms with E-state index in [1.165, 1.54) is 24.4 Å². The lowest BCUT2D eigenvalue weighted by atomic mass is 10.1. The Morgan fingerprint density at radius 2 is 2.04 bits per heavy atom. The minimum Gasteiger partial charge on any atom is -0.332 e. The summed E-state index contributed by atoms with van der Waals surface area (Å²) in [6.45, 7) is 3.75. The average Bonchev–Trinajstić information content (AvgIpc) is 3.04. The van der Waals surface area contributed by atoms with Crippen molar-refractivity contribution in [2.45, 2.75) is 19.1 Å². The molecule has 0 aliphatic carbocycles. The molecule has 3 rings (SSSR count). The fourth-order valence-corrected chi connectivity index (χ4v) is 2.68. The molecule has 1 aliphatic heterocycles. The maximum absolute atomic E-state index is 13.1. The highest BCUT2D eigenvalue weighted by atomic mass is 35.5. The Kier molecular flexibility index (Phi) is 5.69. The topological polar surface area (TPSA) is 63.1 Å². The molecule has 1 saturated heterocycles. The van der Waals surface area contributed by atoms with Crippen molar-refractivity contribution in [3.05, 3.63) is 41.7 Å². The number of amides is 1. The Balaban J connectivity index is 0.00000225. The van der Waals surface area contributed by atoms with Crippen molar-refractivity contribution in [2.75, 3.05) is 19.6 Å². The summed E-state index contributed by atoms with van der Waals surface area (Å²) in [6, 6.07) is 5.03. The minimum atomic E-state index is -4.51. The Bertz CT molecular complexity index is 749. The number of para-hydroxylation sites is 1. The largest absolute Gasteiger partial charge is 0.418 e. The van der Waals surface area contributed by atoms with Gasteiger partial charge in [-0.25, -0.2) is 4.68 Å². The van der Waals surface area contributed by atoms with E-state index < -0.39 is 11.7 Å². The molecule has 2 heterocycles. The Morgan fingerprint density at radius 1 is 1.32 bits per heavy atom. The standard InChI is InChI=1S/C15H16F3N5O.ClH/c1-10-8-19-6-7-22(10)14(24)12-9-23(21-20-12)13-5-3-2-4-11(13)15(16,17)18;/h2-5,9-10,19H,6-8H2,1H3;1H. The monoisotopic (exact) mass is 375 g/mol. The number of hydrogen-bond acceptors (Lipinski definition) is 4. The average molecular weight is 376 g/mol. The molecule has 1 fully saturated rings. The van der Waals surface area contributed by atoms with Crippen LogP contribution in [0.1, 0.15) is 23.0 Å². The number of alkyl halides is 3. The molecule has 1 aliphatic rings. The summed E-state index contributed by atoms with van der Waals surface area (Å²) in [6.07, 6.45) is -3.28. The highest BCUT2D eigenvalue weighted by Crippen LogP contribution is 2.33. The zero-order valence-corrected chi connectivity index (χ0v) is 14.1. The van der Waals surface area contributed by atoms with Crippen LogP contribution in [0.15, 0.2) is 30.5 Å². The number of nitrogens with one attached hydrogen (secondary N) is 1. The predicted octanol–water partition coefficient (Wildman–Crippen LogP) is 2.14. The second-order valence-corrected chi connectivity index (χ2v) is 5.61. The number of carbonyl (C=O) groups is 1. The molecular formula is C15H17ClF3N5O. The first kappa shape index (κ1) is 19.2. The molecule has 1 unspecified atom stereocenters. The van der Waals surface area contributed by atoms with Gasteiger partial charge in [-0.1, -0.05) is 17.3 Å². The molecule has 1 N–H and O–H groups in total. The first-order valence-corrected chi connectivity index (χ1v) is 7.48. The second kappa shape index (κ2) is 7.40. The highest BCUT2D eigenvalue weighted by Gasteiger charge is 2.34. The van der Waals surface area contributed by atoms with Crippen LogP contribution in [0, 0.1) is 0 Å². The molecular weight excluding hydrogens is 359 g/mol. The van der Waals surface area contributed by atoms with Crippen molar-refractivity contribution < 1.29 is 18.0 Å². The maximum Gasteiger partial charge on any atom is 0.418 e. The van der Waals surface area contributed by atoms with Crippen molar-refractivity contribution in [3.8, 4) is 5.69 Å². The van der Waals surface area contributed by atoms with Crippen LogP contribution in [0.2, 0.25) is 0 Å². The summed E-state index contributed by atoms with van der Waals surface area (Å²) >= 11 is 0. The van der Waals surface area contributed by atoms with Crippen LogP contribution >= 0.6 is 12.4 Å². The zero-order chi connectivity index (χ0) is 17.3. The number of piperazine rings is 1. The summed E-state index contributed by atoms with van der Waals surface area (Å²) in [5.74, 6) is -0.334. The van der Waals surface area contributed by atoms with E-state index in [0.29, 0.717) is 19.6 Å². The normalized spacial score (nSPS) is 17.9. The fourth-order valence-electron chi connectivity index (χ4n) is 2.68. The first-order chi connectivity index (χ1) is 11.4. The van der Waals surface area contributed by atoms with Gasteiger partial charge in [0.2, 0.25) is 0 Å². The molecule has 1 aromatic carbocycles. The van der Waals surface area contributed by atoms with Crippen LogP contribution in [0.5, 0.6) is 0 Å². The lowest BCUT2D eigenvalue weighted by Crippen LogP contribution is -2.52. The SMILES string of the molecule is CC1CNCCN1C(=O)c1cn(-c2ccccc2C(F)(F)F)nn1.Cl. The van der Waals surface area contributed by atoms with E-state index in [-0.39, 0.29) is 35.7 Å². The van der Waals surface area contributed by atoms with Gasteiger partial charge in [-0.05, 0) is 19.1 Å². The summed E-state index contributed by atoms with van der Waals surface area (Å²) in [5.41, 5.74) is -0.963. The molecule has 1 aromatic heterocycles. The minimum absolute atomic E-state index is 0. The third kappa shape index (κ3) is 3.93. The fraction of sp³-hybridized carbons (Fsp3) is 0.400. The van der Waals surface area contributed by atoms with Gasteiger partial charge >= 0.3 is 6.18 Å². The Hall–Kier alpha value is -2.13. The van der Waals surface area contributed by atoms with Gasteiger partial charge in [0.15, 0.2) is 5.69 Å². The molecule has 25 heavy (non-hydrogen) atoms. The van der Waals surface area contributed by atoms with Crippen molar-refractivity contribution in [1.29, 1.82) is 0 Å². The van der Waals surface area contributed by atoms with E-state index in [1.54, 1.807) is 4.90 Å². The van der Waals surface area contributed by atoms with Crippen LogP contribution in [0.25, 0.3) is 5.69 Å². The lowest BCUT2D eigenvalue weighted by Gasteiger charge is -2.33. The molecule has 6 nitrogen and oxygen atoms in total.